The molecule has 0 aromatic heterocycles. The third-order valence-corrected chi connectivity index (χ3v) is 7.45. The summed E-state index contributed by atoms with van der Waals surface area (Å²) in [4.78, 5) is 29.9. The van der Waals surface area contributed by atoms with Crippen molar-refractivity contribution >= 4 is 39.9 Å². The van der Waals surface area contributed by atoms with E-state index in [2.05, 4.69) is 18.7 Å². The van der Waals surface area contributed by atoms with E-state index in [-0.39, 0.29) is 11.3 Å². The van der Waals surface area contributed by atoms with Crippen molar-refractivity contribution < 1.29 is 24.2 Å². The minimum absolute atomic E-state index is 0.281. The zero-order valence-electron chi connectivity index (χ0n) is 21.7. The van der Waals surface area contributed by atoms with Crippen LogP contribution >= 0.6 is 11.6 Å². The van der Waals surface area contributed by atoms with E-state index in [9.17, 15) is 14.7 Å². The maximum Gasteiger partial charge on any atom is 0.306 e. The number of benzene rings is 3. The van der Waals surface area contributed by atoms with Crippen LogP contribution in [-0.4, -0.2) is 67.4 Å². The zero-order chi connectivity index (χ0) is 26.9. The van der Waals surface area contributed by atoms with Crippen molar-refractivity contribution in [2.45, 2.75) is 32.5 Å². The lowest BCUT2D eigenvalue weighted by molar-refractivity contribution is -0.147. The molecule has 0 bridgehead atoms. The number of ether oxygens (including phenoxy) is 2. The molecule has 0 saturated carbocycles. The molecular formula is C30H33ClN2O5. The Bertz CT molecular complexity index is 1330. The topological polar surface area (TPSA) is 79.3 Å². The lowest BCUT2D eigenvalue weighted by Crippen LogP contribution is -2.49. The highest BCUT2D eigenvalue weighted by molar-refractivity contribution is 6.30. The van der Waals surface area contributed by atoms with Gasteiger partial charge in [-0.3, -0.25) is 14.5 Å². The Morgan fingerprint density at radius 2 is 1.76 bits per heavy atom. The minimum atomic E-state index is -1.15. The minimum Gasteiger partial charge on any atom is -0.481 e. The second-order valence-corrected chi connectivity index (χ2v) is 11.3. The van der Waals surface area contributed by atoms with Crippen LogP contribution in [0.3, 0.4) is 0 Å². The van der Waals surface area contributed by atoms with Gasteiger partial charge in [-0.25, -0.2) is 0 Å². The first-order chi connectivity index (χ1) is 18.2. The van der Waals surface area contributed by atoms with Crippen LogP contribution in [0.2, 0.25) is 5.02 Å². The first-order valence-electron chi connectivity index (χ1n) is 13.0. The lowest BCUT2D eigenvalue weighted by atomic mass is 9.90. The van der Waals surface area contributed by atoms with Crippen LogP contribution in [0.15, 0.2) is 60.7 Å². The number of anilines is 1. The number of hydrogen-bond donors (Lipinski definition) is 1. The first kappa shape index (κ1) is 26.6. The van der Waals surface area contributed by atoms with Crippen LogP contribution < -0.4 is 4.90 Å². The van der Waals surface area contributed by atoms with Crippen LogP contribution in [0.4, 0.5) is 5.69 Å². The number of carbonyl (C=O) groups excluding carboxylic acids is 1. The second-order valence-electron chi connectivity index (χ2n) is 10.9. The van der Waals surface area contributed by atoms with Gasteiger partial charge in [0.25, 0.3) is 5.91 Å². The molecule has 8 heteroatoms. The number of rotatable bonds is 7. The van der Waals surface area contributed by atoms with E-state index >= 15 is 0 Å². The highest BCUT2D eigenvalue weighted by Gasteiger charge is 2.40. The Labute approximate surface area is 227 Å². The summed E-state index contributed by atoms with van der Waals surface area (Å²) in [5.41, 5.74) is 2.03. The molecule has 0 spiro atoms. The number of morpholine rings is 1. The van der Waals surface area contributed by atoms with Gasteiger partial charge >= 0.3 is 5.97 Å². The number of hydrogen-bond acceptors (Lipinski definition) is 5. The van der Waals surface area contributed by atoms with Crippen molar-refractivity contribution in [3.63, 3.8) is 0 Å². The fourth-order valence-electron chi connectivity index (χ4n) is 5.59. The third kappa shape index (κ3) is 5.71. The van der Waals surface area contributed by atoms with Crippen LogP contribution in [0, 0.1) is 5.41 Å². The molecule has 0 aliphatic carbocycles. The summed E-state index contributed by atoms with van der Waals surface area (Å²) in [6.07, 6.45) is -2.25. The standard InChI is InChI=1S/C30H33ClN2O5/c1-30(2,18-32-12-14-37-15-13-32)19-33-25-11-10-21(31)16-24(25)28(38-26(29(33)36)17-27(34)35)23-9-5-7-20-6-3-4-8-22(20)23/h3-11,16,26,28H,12-15,17-19H2,1-2H3,(H,34,35)/t26-,28-/m0/s1. The average molecular weight is 537 g/mol. The number of amides is 1. The Balaban J connectivity index is 1.60. The molecule has 5 rings (SSSR count). The van der Waals surface area contributed by atoms with Crippen LogP contribution in [0.5, 0.6) is 0 Å². The molecule has 0 unspecified atom stereocenters. The fourth-order valence-corrected chi connectivity index (χ4v) is 5.77. The van der Waals surface area contributed by atoms with Gasteiger partial charge in [0, 0.05) is 42.5 Å². The van der Waals surface area contributed by atoms with Crippen LogP contribution in [-0.2, 0) is 19.1 Å². The van der Waals surface area contributed by atoms with Crippen LogP contribution in [0.25, 0.3) is 10.8 Å². The summed E-state index contributed by atoms with van der Waals surface area (Å²) in [5, 5.41) is 12.2. The molecule has 1 N–H and O–H groups in total. The molecule has 0 radical (unpaired) electrons. The van der Waals surface area contributed by atoms with Gasteiger partial charge < -0.3 is 19.5 Å². The van der Waals surface area contributed by atoms with E-state index in [1.807, 2.05) is 54.6 Å². The van der Waals surface area contributed by atoms with Gasteiger partial charge in [0.1, 0.15) is 12.2 Å². The highest BCUT2D eigenvalue weighted by Crippen LogP contribution is 2.42. The maximum absolute atomic E-state index is 14.0. The van der Waals surface area contributed by atoms with Gasteiger partial charge in [-0.2, -0.15) is 0 Å². The quantitative estimate of drug-likeness (QED) is 0.450. The predicted molar refractivity (Wildman–Crippen MR) is 148 cm³/mol. The highest BCUT2D eigenvalue weighted by atomic mass is 35.5. The summed E-state index contributed by atoms with van der Waals surface area (Å²) in [6.45, 7) is 8.52. The normalized spacial score (nSPS) is 20.8. The molecule has 200 valence electrons. The Morgan fingerprint density at radius 3 is 2.53 bits per heavy atom. The molecule has 2 atom stereocenters. The molecule has 38 heavy (non-hydrogen) atoms. The number of aliphatic carboxylic acids is 1. The molecule has 2 aliphatic heterocycles. The van der Waals surface area contributed by atoms with E-state index in [1.54, 1.807) is 11.0 Å². The summed E-state index contributed by atoms with van der Waals surface area (Å²) in [7, 11) is 0. The summed E-state index contributed by atoms with van der Waals surface area (Å²) in [6, 6.07) is 19.4. The molecular weight excluding hydrogens is 504 g/mol. The van der Waals surface area contributed by atoms with E-state index in [0.29, 0.717) is 30.5 Å². The van der Waals surface area contributed by atoms with Crippen molar-refractivity contribution in [1.29, 1.82) is 0 Å². The number of carboxylic acids is 1. The molecule has 3 aromatic rings. The van der Waals surface area contributed by atoms with Gasteiger partial charge in [-0.05, 0) is 39.9 Å². The molecule has 7 nitrogen and oxygen atoms in total. The lowest BCUT2D eigenvalue weighted by Gasteiger charge is -2.38. The summed E-state index contributed by atoms with van der Waals surface area (Å²) < 4.78 is 11.9. The zero-order valence-corrected chi connectivity index (χ0v) is 22.5. The van der Waals surface area contributed by atoms with Crippen molar-refractivity contribution in [1.82, 2.24) is 4.90 Å². The van der Waals surface area contributed by atoms with Gasteiger partial charge in [-0.15, -0.1) is 0 Å². The molecule has 1 saturated heterocycles. The number of fused-ring (bicyclic) bond motifs is 2. The molecule has 1 amide bonds. The van der Waals surface area contributed by atoms with E-state index in [1.165, 1.54) is 0 Å². The van der Waals surface area contributed by atoms with Crippen molar-refractivity contribution in [2.24, 2.45) is 5.41 Å². The van der Waals surface area contributed by atoms with Gasteiger partial charge in [0.05, 0.1) is 19.6 Å². The van der Waals surface area contributed by atoms with Crippen molar-refractivity contribution in [2.75, 3.05) is 44.3 Å². The summed E-state index contributed by atoms with van der Waals surface area (Å²) >= 11 is 6.50. The number of carbonyl (C=O) groups is 2. The van der Waals surface area contributed by atoms with Gasteiger partial charge in [0.2, 0.25) is 0 Å². The van der Waals surface area contributed by atoms with E-state index in [0.717, 1.165) is 41.5 Å². The second kappa shape index (κ2) is 11.0. The van der Waals surface area contributed by atoms with Gasteiger partial charge in [0.15, 0.2) is 0 Å². The monoisotopic (exact) mass is 536 g/mol. The van der Waals surface area contributed by atoms with E-state index < -0.39 is 24.6 Å². The van der Waals surface area contributed by atoms with Crippen LogP contribution in [0.1, 0.15) is 37.5 Å². The average Bonchev–Trinajstić information content (AvgIpc) is 2.98. The molecule has 2 aliphatic rings. The smallest absolute Gasteiger partial charge is 0.306 e. The number of nitrogens with zero attached hydrogens (tertiary/aromatic N) is 2. The van der Waals surface area contributed by atoms with Gasteiger partial charge in [-0.1, -0.05) is 67.9 Å². The van der Waals surface area contributed by atoms with E-state index in [4.69, 9.17) is 21.1 Å². The number of halogens is 1. The Kier molecular flexibility index (Phi) is 7.73. The first-order valence-corrected chi connectivity index (χ1v) is 13.4. The Hall–Kier alpha value is -2.97. The Morgan fingerprint density at radius 1 is 1.03 bits per heavy atom. The fraction of sp³-hybridized carbons (Fsp3) is 0.400. The third-order valence-electron chi connectivity index (χ3n) is 7.21. The summed E-state index contributed by atoms with van der Waals surface area (Å²) in [5.74, 6) is -1.44. The molecule has 1 fully saturated rings. The maximum atomic E-state index is 14.0. The van der Waals surface area contributed by atoms with Crippen molar-refractivity contribution in [3.05, 3.63) is 76.8 Å². The largest absolute Gasteiger partial charge is 0.481 e. The molecule has 2 heterocycles. The van der Waals surface area contributed by atoms with Crippen molar-refractivity contribution in [3.8, 4) is 0 Å². The predicted octanol–water partition coefficient (Wildman–Crippen LogP) is 5.15. The SMILES string of the molecule is CC(C)(CN1CCOCC1)CN1C(=O)[C@H](CC(=O)O)O[C@@H](c2cccc3ccccc23)c2cc(Cl)ccc21. The number of carboxylic acid groups (broad SMARTS) is 1. The molecule has 3 aromatic carbocycles.